The average Bonchev–Trinajstić information content (AvgIpc) is 3.24. The molecule has 0 spiro atoms. The van der Waals surface area contributed by atoms with Crippen molar-refractivity contribution < 1.29 is 38.8 Å². The quantitative estimate of drug-likeness (QED) is 0.0546. The first-order valence-electron chi connectivity index (χ1n) is 23.0. The third-order valence-corrected chi connectivity index (χ3v) is 13.0. The molecule has 10 heteroatoms. The van der Waals surface area contributed by atoms with Gasteiger partial charge in [-0.2, -0.15) is 0 Å². The fourth-order valence-corrected chi connectivity index (χ4v) is 9.79. The molecule has 332 valence electrons. The van der Waals surface area contributed by atoms with E-state index in [4.69, 9.17) is 23.8 Å². The number of hydrogen-bond donors (Lipinski definition) is 2. The summed E-state index contributed by atoms with van der Waals surface area (Å²) in [5.41, 5.74) is 5.10. The maximum Gasteiger partial charge on any atom is 0.409 e. The van der Waals surface area contributed by atoms with Crippen molar-refractivity contribution in [1.29, 1.82) is 0 Å². The van der Waals surface area contributed by atoms with Gasteiger partial charge in [0.1, 0.15) is 30.4 Å². The van der Waals surface area contributed by atoms with Gasteiger partial charge in [-0.1, -0.05) is 101 Å². The van der Waals surface area contributed by atoms with Crippen LogP contribution in [0.1, 0.15) is 139 Å². The van der Waals surface area contributed by atoms with Crippen molar-refractivity contribution in [3.63, 3.8) is 0 Å². The Morgan fingerprint density at radius 2 is 1.57 bits per heavy atom. The van der Waals surface area contributed by atoms with Crippen LogP contribution >= 0.6 is 0 Å². The van der Waals surface area contributed by atoms with Gasteiger partial charge < -0.3 is 38.9 Å². The molecule has 2 aromatic rings. The summed E-state index contributed by atoms with van der Waals surface area (Å²) in [6.07, 6.45) is 20.8. The summed E-state index contributed by atoms with van der Waals surface area (Å²) in [6.45, 7) is 11.2. The summed E-state index contributed by atoms with van der Waals surface area (Å²) < 4.78 is 26.7. The van der Waals surface area contributed by atoms with E-state index < -0.39 is 17.9 Å². The van der Waals surface area contributed by atoms with E-state index in [1.807, 2.05) is 18.2 Å². The number of carbonyl (C=O) groups is 1. The lowest BCUT2D eigenvalue weighted by molar-refractivity contribution is -0.253. The zero-order chi connectivity index (χ0) is 42.9. The van der Waals surface area contributed by atoms with Gasteiger partial charge in [-0.05, 0) is 105 Å². The number of oxime groups is 1. The summed E-state index contributed by atoms with van der Waals surface area (Å²) in [5.74, 6) is 0.548. The molecular formula is C50H74N2O8. The third-order valence-electron chi connectivity index (χ3n) is 13.0. The molecule has 60 heavy (non-hydrogen) atoms. The molecule has 2 aliphatic carbocycles. The number of allylic oxidation sites excluding steroid dienone is 1. The molecule has 1 saturated carbocycles. The number of aliphatic hydroxyl groups is 2. The second kappa shape index (κ2) is 24.0. The standard InChI is InChI=1S/C50H74N2O8/c1-7-9-10-11-12-13-14-15-16-21-31-57-49(55)52(5)46-35-44(51-56-6)42-33-38(22-17-19-28-53)41(23-18-20-29-54)47-43-34-40(59-39-25-24-36(3)37(4)32-39)26-27-45(43)60-50(46,48(42)47)58-30-8-2/h8,24-27,32-34,38,41,46-48,53-54H,2,7,9-23,28-31,35H2,1,3-6H3. The molecule has 1 fully saturated rings. The number of hydrogen-bond acceptors (Lipinski definition) is 9. The average molecular weight is 831 g/mol. The van der Waals surface area contributed by atoms with E-state index in [1.165, 1.54) is 50.5 Å². The van der Waals surface area contributed by atoms with E-state index in [1.54, 1.807) is 25.1 Å². The molecule has 1 amide bonds. The van der Waals surface area contributed by atoms with Crippen LogP contribution in [-0.4, -0.2) is 79.3 Å². The minimum atomic E-state index is -1.32. The fourth-order valence-electron chi connectivity index (χ4n) is 9.79. The van der Waals surface area contributed by atoms with Crippen molar-refractivity contribution in [2.75, 3.05) is 40.6 Å². The monoisotopic (exact) mass is 831 g/mol. The lowest BCUT2D eigenvalue weighted by Gasteiger charge is -2.59. The van der Waals surface area contributed by atoms with Crippen LogP contribution in [0.25, 0.3) is 0 Å². The van der Waals surface area contributed by atoms with Gasteiger partial charge in [-0.3, -0.25) is 0 Å². The molecule has 10 nitrogen and oxygen atoms in total. The Labute approximate surface area is 360 Å². The fraction of sp³-hybridized carbons (Fsp3) is 0.640. The Morgan fingerprint density at radius 1 is 0.900 bits per heavy atom. The minimum Gasteiger partial charge on any atom is -0.459 e. The highest BCUT2D eigenvalue weighted by atomic mass is 16.7. The van der Waals surface area contributed by atoms with Crippen molar-refractivity contribution >= 4 is 11.8 Å². The minimum absolute atomic E-state index is 0.117. The summed E-state index contributed by atoms with van der Waals surface area (Å²) in [5, 5.41) is 24.4. The molecule has 0 radical (unpaired) electrons. The van der Waals surface area contributed by atoms with E-state index >= 15 is 0 Å². The first-order chi connectivity index (χ1) is 29.2. The summed E-state index contributed by atoms with van der Waals surface area (Å²) in [7, 11) is 3.33. The zero-order valence-corrected chi connectivity index (χ0v) is 37.3. The molecule has 1 aliphatic heterocycles. The molecule has 2 aromatic carbocycles. The summed E-state index contributed by atoms with van der Waals surface area (Å²) >= 11 is 0. The number of aliphatic hydroxyl groups excluding tert-OH is 2. The van der Waals surface area contributed by atoms with Gasteiger partial charge in [0, 0.05) is 38.2 Å². The van der Waals surface area contributed by atoms with Gasteiger partial charge in [-0.15, -0.1) is 6.58 Å². The number of ether oxygens (including phenoxy) is 4. The first-order valence-corrected chi connectivity index (χ1v) is 23.0. The smallest absolute Gasteiger partial charge is 0.409 e. The zero-order valence-electron chi connectivity index (χ0n) is 37.3. The normalized spacial score (nSPS) is 23.6. The Balaban J connectivity index is 1.51. The second-order valence-corrected chi connectivity index (χ2v) is 17.2. The van der Waals surface area contributed by atoms with E-state index in [2.05, 4.69) is 56.8 Å². The van der Waals surface area contributed by atoms with Crippen molar-refractivity contribution in [2.24, 2.45) is 22.9 Å². The predicted octanol–water partition coefficient (Wildman–Crippen LogP) is 11.3. The van der Waals surface area contributed by atoms with E-state index in [9.17, 15) is 15.0 Å². The Kier molecular flexibility index (Phi) is 18.8. The number of rotatable bonds is 26. The Morgan fingerprint density at radius 3 is 2.23 bits per heavy atom. The number of aryl methyl sites for hydroxylation is 2. The van der Waals surface area contributed by atoms with Crippen LogP contribution < -0.4 is 9.47 Å². The van der Waals surface area contributed by atoms with Crippen molar-refractivity contribution in [3.8, 4) is 17.2 Å². The van der Waals surface area contributed by atoms with Crippen LogP contribution in [0.2, 0.25) is 0 Å². The van der Waals surface area contributed by atoms with Gasteiger partial charge in [0.05, 0.1) is 24.8 Å². The number of unbranched alkanes of at least 4 members (excludes halogenated alkanes) is 11. The van der Waals surface area contributed by atoms with Crippen LogP contribution in [-0.2, 0) is 14.3 Å². The first kappa shape index (κ1) is 47.2. The van der Waals surface area contributed by atoms with Crippen LogP contribution in [0.3, 0.4) is 0 Å². The number of carbonyl (C=O) groups excluding carboxylic acids is 1. The van der Waals surface area contributed by atoms with Gasteiger partial charge in [-0.25, -0.2) is 4.79 Å². The molecule has 2 N–H and O–H groups in total. The molecule has 1 heterocycles. The summed E-state index contributed by atoms with van der Waals surface area (Å²) in [6, 6.07) is 11.5. The largest absolute Gasteiger partial charge is 0.459 e. The highest BCUT2D eigenvalue weighted by molar-refractivity contribution is 6.02. The van der Waals surface area contributed by atoms with Crippen molar-refractivity contribution in [3.05, 3.63) is 77.4 Å². The lowest BCUT2D eigenvalue weighted by atomic mass is 9.55. The van der Waals surface area contributed by atoms with Gasteiger partial charge >= 0.3 is 6.09 Å². The van der Waals surface area contributed by atoms with Crippen LogP contribution in [0.15, 0.2) is 65.9 Å². The molecule has 0 saturated heterocycles. The molecule has 6 atom stereocenters. The second-order valence-electron chi connectivity index (χ2n) is 17.2. The topological polar surface area (TPSA) is 119 Å². The van der Waals surface area contributed by atoms with Crippen LogP contribution in [0.4, 0.5) is 4.79 Å². The van der Waals surface area contributed by atoms with Crippen molar-refractivity contribution in [1.82, 2.24) is 4.90 Å². The van der Waals surface area contributed by atoms with Gasteiger partial charge in [0.2, 0.25) is 5.79 Å². The lowest BCUT2D eigenvalue weighted by Crippen LogP contribution is -2.69. The van der Waals surface area contributed by atoms with Crippen molar-refractivity contribution in [2.45, 2.75) is 148 Å². The maximum atomic E-state index is 14.1. The van der Waals surface area contributed by atoms with E-state index in [-0.39, 0.29) is 43.5 Å². The molecule has 0 aromatic heterocycles. The van der Waals surface area contributed by atoms with E-state index in [0.717, 1.165) is 73.1 Å². The molecule has 6 unspecified atom stereocenters. The summed E-state index contributed by atoms with van der Waals surface area (Å²) in [4.78, 5) is 21.3. The maximum absolute atomic E-state index is 14.1. The van der Waals surface area contributed by atoms with Crippen LogP contribution in [0.5, 0.6) is 17.2 Å². The number of amides is 1. The number of fused-ring (bicyclic) bond motifs is 2. The van der Waals surface area contributed by atoms with Gasteiger partial charge in [0.15, 0.2) is 0 Å². The van der Waals surface area contributed by atoms with E-state index in [0.29, 0.717) is 37.4 Å². The molecule has 0 bridgehead atoms. The predicted molar refractivity (Wildman–Crippen MR) is 239 cm³/mol. The molecule has 5 rings (SSSR count). The van der Waals surface area contributed by atoms with Crippen LogP contribution in [0, 0.1) is 31.6 Å². The Bertz CT molecular complexity index is 1730. The highest BCUT2D eigenvalue weighted by Gasteiger charge is 2.65. The number of likely N-dealkylation sites (N-methyl/N-ethyl adjacent to an activating group) is 1. The molecular weight excluding hydrogens is 757 g/mol. The number of benzene rings is 2. The highest BCUT2D eigenvalue weighted by Crippen LogP contribution is 2.62. The third kappa shape index (κ3) is 11.7. The number of nitrogens with zero attached hydrogens (tertiary/aromatic N) is 2. The van der Waals surface area contributed by atoms with Gasteiger partial charge in [0.25, 0.3) is 0 Å². The SMILES string of the molecule is C=CCOC12Oc3ccc(Oc4ccc(C)c(C)c4)cc3C3C(CCCCO)C(CCCCO)C=C(C(=NOC)CC1N(C)C(=O)OCCCCCCCCCCCC)C32. The molecule has 3 aliphatic rings. The Hall–Kier alpha value is -3.86.